The van der Waals surface area contributed by atoms with Gasteiger partial charge in [-0.3, -0.25) is 0 Å². The zero-order valence-electron chi connectivity index (χ0n) is 14.6. The summed E-state index contributed by atoms with van der Waals surface area (Å²) in [4.78, 5) is 12.1. The van der Waals surface area contributed by atoms with Crippen molar-refractivity contribution in [1.82, 2.24) is 9.88 Å². The Bertz CT molecular complexity index is 853. The number of aromatic nitrogens is 1. The first-order valence-corrected chi connectivity index (χ1v) is 8.42. The molecule has 0 aliphatic carbocycles. The van der Waals surface area contributed by atoms with Crippen LogP contribution in [0.3, 0.4) is 0 Å². The summed E-state index contributed by atoms with van der Waals surface area (Å²) in [6.07, 6.45) is 2.03. The lowest BCUT2D eigenvalue weighted by atomic mass is 10.1. The molecule has 4 nitrogen and oxygen atoms in total. The maximum absolute atomic E-state index is 12.1. The molecule has 4 heteroatoms. The van der Waals surface area contributed by atoms with E-state index in [4.69, 9.17) is 0 Å². The van der Waals surface area contributed by atoms with Gasteiger partial charge in [-0.15, -0.1) is 0 Å². The Morgan fingerprint density at radius 3 is 2.52 bits per heavy atom. The van der Waals surface area contributed by atoms with E-state index in [0.29, 0.717) is 6.54 Å². The quantitative estimate of drug-likeness (QED) is 0.711. The lowest BCUT2D eigenvalue weighted by molar-refractivity contribution is 0.251. The van der Waals surface area contributed by atoms with Crippen LogP contribution in [0.1, 0.15) is 22.4 Å². The molecule has 3 aromatic rings. The highest BCUT2D eigenvalue weighted by molar-refractivity contribution is 5.89. The summed E-state index contributed by atoms with van der Waals surface area (Å²) in [5.41, 5.74) is 5.48. The molecule has 0 radical (unpaired) electrons. The lowest BCUT2D eigenvalue weighted by Crippen LogP contribution is -2.29. The second-order valence-corrected chi connectivity index (χ2v) is 6.22. The molecule has 0 spiro atoms. The van der Waals surface area contributed by atoms with Crippen molar-refractivity contribution in [3.8, 4) is 0 Å². The zero-order chi connectivity index (χ0) is 17.6. The summed E-state index contributed by atoms with van der Waals surface area (Å²) in [6.45, 7) is 5.37. The highest BCUT2D eigenvalue weighted by Gasteiger charge is 2.06. The maximum atomic E-state index is 12.1. The molecule has 0 fully saturated rings. The second-order valence-electron chi connectivity index (χ2n) is 6.22. The van der Waals surface area contributed by atoms with E-state index in [1.54, 1.807) is 0 Å². The number of nitrogens with zero attached hydrogens (tertiary/aromatic N) is 1. The third-order valence-corrected chi connectivity index (χ3v) is 4.31. The molecule has 2 N–H and O–H groups in total. The number of nitrogens with one attached hydrogen (secondary N) is 2. The summed E-state index contributed by atoms with van der Waals surface area (Å²) in [6, 6.07) is 20.0. The molecule has 1 aromatic heterocycles. The lowest BCUT2D eigenvalue weighted by Gasteiger charge is -2.12. The molecule has 0 atom stereocenters. The van der Waals surface area contributed by atoms with Crippen LogP contribution in [-0.2, 0) is 13.1 Å². The Labute approximate surface area is 148 Å². The van der Waals surface area contributed by atoms with Crippen LogP contribution in [0.2, 0.25) is 0 Å². The monoisotopic (exact) mass is 333 g/mol. The molecule has 128 valence electrons. The molecule has 0 saturated heterocycles. The highest BCUT2D eigenvalue weighted by atomic mass is 16.2. The molecule has 2 amide bonds. The molecular formula is C21H23N3O. The van der Waals surface area contributed by atoms with Crippen molar-refractivity contribution in [3.63, 3.8) is 0 Å². The van der Waals surface area contributed by atoms with E-state index in [9.17, 15) is 4.79 Å². The molecule has 0 aliphatic rings. The molecule has 0 aliphatic heterocycles. The first-order chi connectivity index (χ1) is 12.1. The number of amides is 2. The number of aryl methyl sites for hydroxylation is 2. The van der Waals surface area contributed by atoms with Gasteiger partial charge in [-0.2, -0.15) is 0 Å². The fourth-order valence-corrected chi connectivity index (χ4v) is 2.71. The number of carbonyl (C=O) groups is 1. The summed E-state index contributed by atoms with van der Waals surface area (Å²) in [5.74, 6) is 0. The third kappa shape index (κ3) is 4.51. The van der Waals surface area contributed by atoms with Crippen molar-refractivity contribution in [1.29, 1.82) is 0 Å². The Balaban J connectivity index is 1.57. The van der Waals surface area contributed by atoms with Gasteiger partial charge in [-0.25, -0.2) is 4.79 Å². The van der Waals surface area contributed by atoms with Crippen LogP contribution >= 0.6 is 0 Å². The number of hydrogen-bond donors (Lipinski definition) is 2. The van der Waals surface area contributed by atoms with E-state index in [2.05, 4.69) is 34.3 Å². The molecule has 25 heavy (non-hydrogen) atoms. The molecule has 0 unspecified atom stereocenters. The Hall–Kier alpha value is -3.01. The number of carbonyl (C=O) groups excluding carboxylic acids is 1. The Morgan fingerprint density at radius 1 is 0.960 bits per heavy atom. The van der Waals surface area contributed by atoms with Crippen molar-refractivity contribution >= 4 is 11.7 Å². The van der Waals surface area contributed by atoms with E-state index >= 15 is 0 Å². The van der Waals surface area contributed by atoms with Crippen molar-refractivity contribution in [2.45, 2.75) is 26.9 Å². The van der Waals surface area contributed by atoms with E-state index in [0.717, 1.165) is 23.5 Å². The molecular weight excluding hydrogens is 310 g/mol. The first-order valence-electron chi connectivity index (χ1n) is 8.42. The van der Waals surface area contributed by atoms with Gasteiger partial charge in [0.15, 0.2) is 0 Å². The van der Waals surface area contributed by atoms with Crippen LogP contribution < -0.4 is 10.6 Å². The van der Waals surface area contributed by atoms with Crippen LogP contribution in [-0.4, -0.2) is 10.6 Å². The van der Waals surface area contributed by atoms with E-state index in [-0.39, 0.29) is 6.03 Å². The topological polar surface area (TPSA) is 46.1 Å². The summed E-state index contributed by atoms with van der Waals surface area (Å²) in [7, 11) is 0. The molecule has 1 heterocycles. The SMILES string of the molecule is Cc1ccc(NC(=O)NCc2cccn2Cc2ccccc2)cc1C. The van der Waals surface area contributed by atoms with Gasteiger partial charge in [0.2, 0.25) is 0 Å². The van der Waals surface area contributed by atoms with Gasteiger partial charge in [0.1, 0.15) is 0 Å². The van der Waals surface area contributed by atoms with Gasteiger partial charge in [0.05, 0.1) is 6.54 Å². The minimum absolute atomic E-state index is 0.198. The van der Waals surface area contributed by atoms with Gasteiger partial charge in [0.25, 0.3) is 0 Å². The van der Waals surface area contributed by atoms with Crippen molar-refractivity contribution in [2.24, 2.45) is 0 Å². The number of benzene rings is 2. The zero-order valence-corrected chi connectivity index (χ0v) is 14.6. The van der Waals surface area contributed by atoms with Crippen molar-refractivity contribution < 1.29 is 4.79 Å². The van der Waals surface area contributed by atoms with Gasteiger partial charge in [0, 0.05) is 24.1 Å². The summed E-state index contributed by atoms with van der Waals surface area (Å²) < 4.78 is 2.14. The van der Waals surface area contributed by atoms with Gasteiger partial charge in [-0.1, -0.05) is 36.4 Å². The van der Waals surface area contributed by atoms with Gasteiger partial charge in [-0.05, 0) is 54.8 Å². The standard InChI is InChI=1S/C21H23N3O/c1-16-10-11-19(13-17(16)2)23-21(25)22-14-20-9-6-12-24(20)15-18-7-4-3-5-8-18/h3-13H,14-15H2,1-2H3,(H2,22,23,25). The maximum Gasteiger partial charge on any atom is 0.319 e. The molecule has 0 bridgehead atoms. The predicted octanol–water partition coefficient (Wildman–Crippen LogP) is 4.47. The van der Waals surface area contributed by atoms with E-state index in [1.165, 1.54) is 11.1 Å². The normalized spacial score (nSPS) is 10.5. The van der Waals surface area contributed by atoms with Crippen molar-refractivity contribution in [2.75, 3.05) is 5.32 Å². The van der Waals surface area contributed by atoms with Crippen LogP contribution in [0.25, 0.3) is 0 Å². The summed E-state index contributed by atoms with van der Waals surface area (Å²) >= 11 is 0. The van der Waals surface area contributed by atoms with Crippen molar-refractivity contribution in [3.05, 3.63) is 89.2 Å². The minimum Gasteiger partial charge on any atom is -0.345 e. The van der Waals surface area contributed by atoms with Gasteiger partial charge < -0.3 is 15.2 Å². The number of urea groups is 1. The highest BCUT2D eigenvalue weighted by Crippen LogP contribution is 2.14. The molecule has 2 aromatic carbocycles. The largest absolute Gasteiger partial charge is 0.345 e. The van der Waals surface area contributed by atoms with Crippen LogP contribution in [0, 0.1) is 13.8 Å². The average Bonchev–Trinajstić information content (AvgIpc) is 3.04. The number of hydrogen-bond acceptors (Lipinski definition) is 1. The molecule has 3 rings (SSSR count). The third-order valence-electron chi connectivity index (χ3n) is 4.31. The van der Waals surface area contributed by atoms with Gasteiger partial charge >= 0.3 is 6.03 Å². The van der Waals surface area contributed by atoms with E-state index in [1.807, 2.05) is 61.7 Å². The Kier molecular flexibility index (Phi) is 5.19. The smallest absolute Gasteiger partial charge is 0.319 e. The first kappa shape index (κ1) is 16.8. The van der Waals surface area contributed by atoms with Crippen LogP contribution in [0.15, 0.2) is 66.9 Å². The number of rotatable bonds is 5. The summed E-state index contributed by atoms with van der Waals surface area (Å²) in [5, 5.41) is 5.81. The molecule has 0 saturated carbocycles. The minimum atomic E-state index is -0.198. The fourth-order valence-electron chi connectivity index (χ4n) is 2.71. The predicted molar refractivity (Wildman–Crippen MR) is 102 cm³/mol. The number of anilines is 1. The van der Waals surface area contributed by atoms with Crippen LogP contribution in [0.5, 0.6) is 0 Å². The Morgan fingerprint density at radius 2 is 1.76 bits per heavy atom. The fraction of sp³-hybridized carbons (Fsp3) is 0.190. The van der Waals surface area contributed by atoms with Crippen LogP contribution in [0.4, 0.5) is 10.5 Å². The second kappa shape index (κ2) is 7.71. The van der Waals surface area contributed by atoms with E-state index < -0.39 is 0 Å². The average molecular weight is 333 g/mol.